The van der Waals surface area contributed by atoms with Gasteiger partial charge < -0.3 is 5.32 Å². The molecule has 7 nitrogen and oxygen atoms in total. The van der Waals surface area contributed by atoms with Crippen LogP contribution in [0.5, 0.6) is 0 Å². The Morgan fingerprint density at radius 2 is 1.96 bits per heavy atom. The van der Waals surface area contributed by atoms with Crippen molar-refractivity contribution in [2.45, 2.75) is 20.4 Å². The van der Waals surface area contributed by atoms with Crippen molar-refractivity contribution in [3.63, 3.8) is 0 Å². The smallest absolute Gasteiger partial charge is 0.307 e. The number of fused-ring (bicyclic) bond motifs is 1. The molecule has 0 aliphatic carbocycles. The Hall–Kier alpha value is -3.00. The predicted molar refractivity (Wildman–Crippen MR) is 107 cm³/mol. The molecule has 2 N–H and O–H groups in total. The normalized spacial score (nSPS) is 10.6. The number of carbonyl (C=O) groups is 2. The van der Waals surface area contributed by atoms with Crippen molar-refractivity contribution in [2.75, 3.05) is 5.32 Å². The summed E-state index contributed by atoms with van der Waals surface area (Å²) in [7, 11) is 0. The number of urea groups is 1. The summed E-state index contributed by atoms with van der Waals surface area (Å²) in [4.78, 5) is 40.9. The highest BCUT2D eigenvalue weighted by Gasteiger charge is 2.12. The molecule has 0 aliphatic heterocycles. The monoisotopic (exact) mass is 428 g/mol. The maximum absolute atomic E-state index is 12.5. The molecule has 2 aromatic carbocycles. The zero-order chi connectivity index (χ0) is 19.6. The maximum Gasteiger partial charge on any atom is 0.325 e. The predicted octanol–water partition coefficient (Wildman–Crippen LogP) is 3.12. The molecule has 0 bridgehead atoms. The van der Waals surface area contributed by atoms with Gasteiger partial charge in [-0.25, -0.2) is 9.78 Å². The Morgan fingerprint density at radius 3 is 2.74 bits per heavy atom. The van der Waals surface area contributed by atoms with Crippen LogP contribution in [0.2, 0.25) is 0 Å². The van der Waals surface area contributed by atoms with Crippen molar-refractivity contribution < 1.29 is 9.59 Å². The number of aryl methyl sites for hydroxylation is 1. The second-order valence-corrected chi connectivity index (χ2v) is 7.00. The van der Waals surface area contributed by atoms with Crippen LogP contribution in [0.1, 0.15) is 11.1 Å². The molecule has 3 rings (SSSR count). The van der Waals surface area contributed by atoms with E-state index in [1.54, 1.807) is 24.3 Å². The summed E-state index contributed by atoms with van der Waals surface area (Å²) >= 11 is 3.31. The van der Waals surface area contributed by atoms with Gasteiger partial charge in [0.1, 0.15) is 6.54 Å². The number of anilines is 1. The molecule has 0 radical (unpaired) electrons. The fourth-order valence-corrected chi connectivity index (χ4v) is 2.97. The van der Waals surface area contributed by atoms with Crippen LogP contribution in [0.25, 0.3) is 10.9 Å². The Labute approximate surface area is 163 Å². The fourth-order valence-electron chi connectivity index (χ4n) is 2.60. The summed E-state index contributed by atoms with van der Waals surface area (Å²) in [5.41, 5.74) is 2.74. The molecule has 0 saturated carbocycles. The number of nitrogens with zero attached hydrogens (tertiary/aromatic N) is 2. The van der Waals surface area contributed by atoms with E-state index in [1.165, 1.54) is 6.33 Å². The number of imide groups is 1. The van der Waals surface area contributed by atoms with Crippen molar-refractivity contribution in [1.82, 2.24) is 14.9 Å². The quantitative estimate of drug-likeness (QED) is 0.669. The lowest BCUT2D eigenvalue weighted by molar-refractivity contribution is -0.120. The number of amides is 3. The first-order chi connectivity index (χ1) is 12.8. The molecule has 0 saturated heterocycles. The van der Waals surface area contributed by atoms with E-state index in [1.807, 2.05) is 26.0 Å². The van der Waals surface area contributed by atoms with Crippen molar-refractivity contribution in [3.8, 4) is 0 Å². The highest BCUT2D eigenvalue weighted by Crippen LogP contribution is 2.17. The first-order valence-electron chi connectivity index (χ1n) is 8.17. The average molecular weight is 429 g/mol. The summed E-state index contributed by atoms with van der Waals surface area (Å²) < 4.78 is 1.90. The number of hydrogen-bond donors (Lipinski definition) is 2. The summed E-state index contributed by atoms with van der Waals surface area (Å²) in [6.07, 6.45) is 1.29. The van der Waals surface area contributed by atoms with Gasteiger partial charge in [0.15, 0.2) is 0 Å². The lowest BCUT2D eigenvalue weighted by Gasteiger charge is -2.11. The minimum Gasteiger partial charge on any atom is -0.307 e. The third kappa shape index (κ3) is 4.22. The van der Waals surface area contributed by atoms with Crippen molar-refractivity contribution in [1.29, 1.82) is 0 Å². The van der Waals surface area contributed by atoms with E-state index >= 15 is 0 Å². The van der Waals surface area contributed by atoms with Crippen LogP contribution in [0.15, 0.2) is 52.0 Å². The third-order valence-corrected chi connectivity index (χ3v) is 4.70. The Balaban J connectivity index is 1.71. The van der Waals surface area contributed by atoms with Crippen molar-refractivity contribution >= 4 is 44.5 Å². The zero-order valence-electron chi connectivity index (χ0n) is 14.7. The molecule has 8 heteroatoms. The Morgan fingerprint density at radius 1 is 1.19 bits per heavy atom. The van der Waals surface area contributed by atoms with Crippen LogP contribution in [-0.2, 0) is 11.3 Å². The molecule has 0 atom stereocenters. The van der Waals surface area contributed by atoms with E-state index in [9.17, 15) is 14.4 Å². The zero-order valence-corrected chi connectivity index (χ0v) is 16.3. The number of aromatic nitrogens is 2. The highest BCUT2D eigenvalue weighted by molar-refractivity contribution is 9.10. The highest BCUT2D eigenvalue weighted by atomic mass is 79.9. The molecule has 0 spiro atoms. The van der Waals surface area contributed by atoms with Crippen LogP contribution in [0.3, 0.4) is 0 Å². The lowest BCUT2D eigenvalue weighted by atomic mass is 10.1. The molecule has 0 unspecified atom stereocenters. The molecule has 138 valence electrons. The van der Waals surface area contributed by atoms with Gasteiger partial charge in [-0.05, 0) is 49.2 Å². The van der Waals surface area contributed by atoms with Gasteiger partial charge in [0.2, 0.25) is 5.91 Å². The molecule has 0 fully saturated rings. The first kappa shape index (κ1) is 18.8. The van der Waals surface area contributed by atoms with Gasteiger partial charge >= 0.3 is 6.03 Å². The molecular formula is C19H17BrN4O3. The van der Waals surface area contributed by atoms with E-state index in [-0.39, 0.29) is 12.1 Å². The minimum absolute atomic E-state index is 0.311. The van der Waals surface area contributed by atoms with Crippen LogP contribution >= 0.6 is 15.9 Å². The van der Waals surface area contributed by atoms with Gasteiger partial charge in [-0.2, -0.15) is 0 Å². The average Bonchev–Trinajstić information content (AvgIpc) is 2.62. The van der Waals surface area contributed by atoms with E-state index < -0.39 is 11.9 Å². The molecule has 3 amide bonds. The SMILES string of the molecule is Cc1cccc(NC(=O)NC(=O)Cn2cnc3ccc(Br)cc3c2=O)c1C. The van der Waals surface area contributed by atoms with Crippen LogP contribution < -0.4 is 16.2 Å². The first-order valence-corrected chi connectivity index (χ1v) is 8.96. The van der Waals surface area contributed by atoms with Gasteiger partial charge in [0.05, 0.1) is 17.2 Å². The van der Waals surface area contributed by atoms with Gasteiger partial charge in [-0.1, -0.05) is 28.1 Å². The van der Waals surface area contributed by atoms with E-state index in [2.05, 4.69) is 31.5 Å². The summed E-state index contributed by atoms with van der Waals surface area (Å²) in [6, 6.07) is 9.98. The van der Waals surface area contributed by atoms with E-state index in [4.69, 9.17) is 0 Å². The molecule has 27 heavy (non-hydrogen) atoms. The van der Waals surface area contributed by atoms with Gasteiger partial charge in [-0.3, -0.25) is 19.5 Å². The Kier molecular flexibility index (Phi) is 5.36. The summed E-state index contributed by atoms with van der Waals surface area (Å²) in [5, 5.41) is 5.25. The third-order valence-electron chi connectivity index (χ3n) is 4.21. The van der Waals surface area contributed by atoms with Crippen molar-refractivity contribution in [2.24, 2.45) is 0 Å². The summed E-state index contributed by atoms with van der Waals surface area (Å²) in [6.45, 7) is 3.50. The van der Waals surface area contributed by atoms with Gasteiger partial charge in [-0.15, -0.1) is 0 Å². The number of carbonyl (C=O) groups excluding carboxylic acids is 2. The number of rotatable bonds is 3. The van der Waals surface area contributed by atoms with E-state index in [0.29, 0.717) is 16.6 Å². The number of nitrogens with one attached hydrogen (secondary N) is 2. The van der Waals surface area contributed by atoms with Gasteiger partial charge in [0, 0.05) is 10.2 Å². The minimum atomic E-state index is -0.654. The number of benzene rings is 2. The van der Waals surface area contributed by atoms with Crippen LogP contribution in [-0.4, -0.2) is 21.5 Å². The lowest BCUT2D eigenvalue weighted by Crippen LogP contribution is -2.38. The topological polar surface area (TPSA) is 93.1 Å². The molecule has 1 aromatic heterocycles. The largest absolute Gasteiger partial charge is 0.325 e. The molecule has 1 heterocycles. The van der Waals surface area contributed by atoms with Crippen LogP contribution in [0, 0.1) is 13.8 Å². The fraction of sp³-hybridized carbons (Fsp3) is 0.158. The second-order valence-electron chi connectivity index (χ2n) is 6.09. The number of halogens is 1. The van der Waals surface area contributed by atoms with E-state index in [0.717, 1.165) is 20.2 Å². The standard InChI is InChI=1S/C19H17BrN4O3/c1-11-4-3-5-15(12(11)2)22-19(27)23-17(25)9-24-10-21-16-7-6-13(20)8-14(16)18(24)26/h3-8,10H,9H2,1-2H3,(H2,22,23,25,27). The molecule has 0 aliphatic rings. The maximum atomic E-state index is 12.5. The number of hydrogen-bond acceptors (Lipinski definition) is 4. The molecular weight excluding hydrogens is 412 g/mol. The second kappa shape index (κ2) is 7.71. The Bertz CT molecular complexity index is 1110. The van der Waals surface area contributed by atoms with Gasteiger partial charge in [0.25, 0.3) is 5.56 Å². The molecule has 3 aromatic rings. The summed E-state index contributed by atoms with van der Waals surface area (Å²) in [5.74, 6) is -0.615. The van der Waals surface area contributed by atoms with Crippen LogP contribution in [0.4, 0.5) is 10.5 Å². The van der Waals surface area contributed by atoms with Crippen molar-refractivity contribution in [3.05, 3.63) is 68.7 Å².